The summed E-state index contributed by atoms with van der Waals surface area (Å²) in [6.07, 6.45) is 1.34. The van der Waals surface area contributed by atoms with Gasteiger partial charge in [-0.15, -0.1) is 0 Å². The predicted molar refractivity (Wildman–Crippen MR) is 73.2 cm³/mol. The number of nitrogens with zero attached hydrogens (tertiary/aromatic N) is 1. The van der Waals surface area contributed by atoms with E-state index in [2.05, 4.69) is 0 Å². The summed E-state index contributed by atoms with van der Waals surface area (Å²) in [7, 11) is 0. The van der Waals surface area contributed by atoms with Crippen LogP contribution in [0.25, 0.3) is 0 Å². The van der Waals surface area contributed by atoms with E-state index in [1.54, 1.807) is 18.2 Å². The molecular formula is C15H21FN2O. The molecule has 0 aromatic heterocycles. The van der Waals surface area contributed by atoms with Gasteiger partial charge in [-0.1, -0.05) is 25.1 Å². The first-order chi connectivity index (χ1) is 9.11. The summed E-state index contributed by atoms with van der Waals surface area (Å²) in [4.78, 5) is 14.0. The minimum Gasteiger partial charge on any atom is -0.342 e. The Balaban J connectivity index is 1.94. The molecule has 3 nitrogen and oxygen atoms in total. The van der Waals surface area contributed by atoms with E-state index in [-0.39, 0.29) is 17.6 Å². The highest BCUT2D eigenvalue weighted by molar-refractivity contribution is 5.77. The SMILES string of the molecule is CC(CC(=O)N1CCC(CN)C1)c1ccccc1F. The summed E-state index contributed by atoms with van der Waals surface area (Å²) in [5.74, 6) is 0.203. The fraction of sp³-hybridized carbons (Fsp3) is 0.533. The molecule has 2 atom stereocenters. The van der Waals surface area contributed by atoms with Crippen molar-refractivity contribution >= 4 is 5.91 Å². The highest BCUT2D eigenvalue weighted by atomic mass is 19.1. The minimum absolute atomic E-state index is 0.0920. The monoisotopic (exact) mass is 264 g/mol. The van der Waals surface area contributed by atoms with Gasteiger partial charge < -0.3 is 10.6 Å². The van der Waals surface area contributed by atoms with Crippen LogP contribution in [0.15, 0.2) is 24.3 Å². The zero-order valence-corrected chi connectivity index (χ0v) is 11.3. The molecule has 0 saturated carbocycles. The van der Waals surface area contributed by atoms with Crippen LogP contribution < -0.4 is 5.73 Å². The van der Waals surface area contributed by atoms with Crippen LogP contribution in [0.1, 0.15) is 31.2 Å². The number of halogens is 1. The van der Waals surface area contributed by atoms with Gasteiger partial charge in [0.2, 0.25) is 5.91 Å². The van der Waals surface area contributed by atoms with Crippen molar-refractivity contribution in [3.8, 4) is 0 Å². The average Bonchev–Trinajstić information content (AvgIpc) is 2.88. The average molecular weight is 264 g/mol. The van der Waals surface area contributed by atoms with Crippen LogP contribution in [0.3, 0.4) is 0 Å². The highest BCUT2D eigenvalue weighted by Gasteiger charge is 2.26. The van der Waals surface area contributed by atoms with E-state index in [1.165, 1.54) is 6.07 Å². The Kier molecular flexibility index (Phi) is 4.53. The maximum atomic E-state index is 13.6. The Labute approximate surface area is 113 Å². The largest absolute Gasteiger partial charge is 0.342 e. The van der Waals surface area contributed by atoms with Crippen molar-refractivity contribution in [1.29, 1.82) is 0 Å². The normalized spacial score (nSPS) is 20.6. The van der Waals surface area contributed by atoms with E-state index < -0.39 is 0 Å². The molecule has 2 N–H and O–H groups in total. The van der Waals surface area contributed by atoms with E-state index in [1.807, 2.05) is 11.8 Å². The fourth-order valence-electron chi connectivity index (χ4n) is 2.63. The van der Waals surface area contributed by atoms with Gasteiger partial charge in [0, 0.05) is 19.5 Å². The molecule has 0 bridgehead atoms. The Hall–Kier alpha value is -1.42. The molecule has 2 unspecified atom stereocenters. The van der Waals surface area contributed by atoms with Gasteiger partial charge >= 0.3 is 0 Å². The summed E-state index contributed by atoms with van der Waals surface area (Å²) >= 11 is 0. The molecule has 4 heteroatoms. The molecule has 2 rings (SSSR count). The molecule has 1 heterocycles. The molecule has 1 fully saturated rings. The van der Waals surface area contributed by atoms with E-state index >= 15 is 0 Å². The van der Waals surface area contributed by atoms with Crippen LogP contribution in [0.4, 0.5) is 4.39 Å². The van der Waals surface area contributed by atoms with E-state index in [4.69, 9.17) is 5.73 Å². The molecule has 0 aliphatic carbocycles. The van der Waals surface area contributed by atoms with Crippen molar-refractivity contribution in [2.75, 3.05) is 19.6 Å². The molecule has 1 aromatic rings. The second kappa shape index (κ2) is 6.15. The van der Waals surface area contributed by atoms with Crippen molar-refractivity contribution in [1.82, 2.24) is 4.90 Å². The smallest absolute Gasteiger partial charge is 0.223 e. The second-order valence-corrected chi connectivity index (χ2v) is 5.36. The first-order valence-electron chi connectivity index (χ1n) is 6.84. The number of likely N-dealkylation sites (tertiary alicyclic amines) is 1. The maximum Gasteiger partial charge on any atom is 0.223 e. The molecule has 104 valence electrons. The standard InChI is InChI=1S/C15H21FN2O/c1-11(13-4-2-3-5-14(13)16)8-15(19)18-7-6-12(9-17)10-18/h2-5,11-12H,6-10,17H2,1H3. The van der Waals surface area contributed by atoms with Gasteiger partial charge in [0.15, 0.2) is 0 Å². The van der Waals surface area contributed by atoms with Crippen LogP contribution in [0, 0.1) is 11.7 Å². The third kappa shape index (κ3) is 3.32. The third-order valence-electron chi connectivity index (χ3n) is 3.89. The van der Waals surface area contributed by atoms with Gasteiger partial charge in [0.25, 0.3) is 0 Å². The summed E-state index contributed by atoms with van der Waals surface area (Å²) in [5, 5.41) is 0. The lowest BCUT2D eigenvalue weighted by Gasteiger charge is -2.19. The molecule has 19 heavy (non-hydrogen) atoms. The lowest BCUT2D eigenvalue weighted by molar-refractivity contribution is -0.130. The van der Waals surface area contributed by atoms with Gasteiger partial charge in [-0.25, -0.2) is 4.39 Å². The fourth-order valence-corrected chi connectivity index (χ4v) is 2.63. The zero-order chi connectivity index (χ0) is 13.8. The van der Waals surface area contributed by atoms with Crippen LogP contribution in [0.2, 0.25) is 0 Å². The lowest BCUT2D eigenvalue weighted by Crippen LogP contribution is -2.30. The maximum absolute atomic E-state index is 13.6. The van der Waals surface area contributed by atoms with Crippen LogP contribution >= 0.6 is 0 Å². The number of benzene rings is 1. The summed E-state index contributed by atoms with van der Waals surface area (Å²) in [6, 6.07) is 6.66. The quantitative estimate of drug-likeness (QED) is 0.905. The van der Waals surface area contributed by atoms with Gasteiger partial charge in [0.1, 0.15) is 5.82 Å². The van der Waals surface area contributed by atoms with E-state index in [0.29, 0.717) is 24.4 Å². The van der Waals surface area contributed by atoms with Crippen molar-refractivity contribution in [2.45, 2.75) is 25.7 Å². The van der Waals surface area contributed by atoms with Crippen LogP contribution in [0.5, 0.6) is 0 Å². The molecule has 1 aliphatic heterocycles. The summed E-state index contributed by atoms with van der Waals surface area (Å²) < 4.78 is 13.6. The van der Waals surface area contributed by atoms with Crippen molar-refractivity contribution in [3.05, 3.63) is 35.6 Å². The number of nitrogens with two attached hydrogens (primary N) is 1. The Bertz CT molecular complexity index is 450. The number of hydrogen-bond acceptors (Lipinski definition) is 2. The van der Waals surface area contributed by atoms with E-state index in [9.17, 15) is 9.18 Å². The number of rotatable bonds is 4. The number of amides is 1. The van der Waals surface area contributed by atoms with Crippen molar-refractivity contribution < 1.29 is 9.18 Å². The Morgan fingerprint density at radius 2 is 2.26 bits per heavy atom. The second-order valence-electron chi connectivity index (χ2n) is 5.36. The van der Waals surface area contributed by atoms with Gasteiger partial charge in [-0.2, -0.15) is 0 Å². The first-order valence-corrected chi connectivity index (χ1v) is 6.84. The van der Waals surface area contributed by atoms with Crippen molar-refractivity contribution in [3.63, 3.8) is 0 Å². The van der Waals surface area contributed by atoms with Gasteiger partial charge in [0.05, 0.1) is 0 Å². The molecule has 0 spiro atoms. The third-order valence-corrected chi connectivity index (χ3v) is 3.89. The number of carbonyl (C=O) groups is 1. The molecule has 1 aromatic carbocycles. The van der Waals surface area contributed by atoms with Crippen molar-refractivity contribution in [2.24, 2.45) is 11.7 Å². The lowest BCUT2D eigenvalue weighted by atomic mass is 9.96. The number of carbonyl (C=O) groups excluding carboxylic acids is 1. The Morgan fingerprint density at radius 1 is 1.53 bits per heavy atom. The zero-order valence-electron chi connectivity index (χ0n) is 11.3. The van der Waals surface area contributed by atoms with Gasteiger partial charge in [-0.05, 0) is 36.4 Å². The number of hydrogen-bond donors (Lipinski definition) is 1. The topological polar surface area (TPSA) is 46.3 Å². The molecular weight excluding hydrogens is 243 g/mol. The molecule has 1 amide bonds. The summed E-state index contributed by atoms with van der Waals surface area (Å²) in [5.41, 5.74) is 6.24. The molecule has 1 saturated heterocycles. The van der Waals surface area contributed by atoms with Crippen LogP contribution in [-0.2, 0) is 4.79 Å². The molecule has 1 aliphatic rings. The predicted octanol–water partition coefficient (Wildman–Crippen LogP) is 2.13. The molecule has 0 radical (unpaired) electrons. The van der Waals surface area contributed by atoms with E-state index in [0.717, 1.165) is 19.5 Å². The van der Waals surface area contributed by atoms with Gasteiger partial charge in [-0.3, -0.25) is 4.79 Å². The highest BCUT2D eigenvalue weighted by Crippen LogP contribution is 2.24. The van der Waals surface area contributed by atoms with Crippen LogP contribution in [-0.4, -0.2) is 30.4 Å². The minimum atomic E-state index is -0.232. The Morgan fingerprint density at radius 3 is 2.89 bits per heavy atom. The summed E-state index contributed by atoms with van der Waals surface area (Å²) in [6.45, 7) is 4.06. The first kappa shape index (κ1) is 14.0.